The Morgan fingerprint density at radius 1 is 1.47 bits per heavy atom. The molecule has 1 fully saturated rings. The predicted molar refractivity (Wildman–Crippen MR) is 61.9 cm³/mol. The first-order valence-electron chi connectivity index (χ1n) is 5.80. The third kappa shape index (κ3) is 2.82. The molecule has 1 N–H and O–H groups in total. The molecule has 1 aromatic carbocycles. The number of ether oxygens (including phenoxy) is 1. The fraction of sp³-hybridized carbons (Fsp3) is 0.462. The van der Waals surface area contributed by atoms with E-state index in [1.807, 2.05) is 6.07 Å². The molecular formula is C13H16FNO2. The summed E-state index contributed by atoms with van der Waals surface area (Å²) >= 11 is 0. The number of nitrogens with one attached hydrogen (secondary N) is 1. The first-order valence-corrected chi connectivity index (χ1v) is 5.80. The van der Waals surface area contributed by atoms with Crippen LogP contribution in [0.15, 0.2) is 24.3 Å². The van der Waals surface area contributed by atoms with Gasteiger partial charge in [0.25, 0.3) is 0 Å². The van der Waals surface area contributed by atoms with Gasteiger partial charge in [-0.3, -0.25) is 10.1 Å². The molecule has 2 unspecified atom stereocenters. The lowest BCUT2D eigenvalue weighted by Crippen LogP contribution is -2.43. The normalized spacial score (nSPS) is 24.4. The van der Waals surface area contributed by atoms with Crippen LogP contribution < -0.4 is 5.32 Å². The standard InChI is InChI=1S/C13H16FNO2/c1-17-13(16)12-7-3-6-11(15-12)9-4-2-5-10(14)8-9/h2,4-5,8,11-12,15H,3,6-7H2,1H3. The van der Waals surface area contributed by atoms with Gasteiger partial charge < -0.3 is 4.74 Å². The Bertz CT molecular complexity index is 408. The van der Waals surface area contributed by atoms with Crippen molar-refractivity contribution in [2.24, 2.45) is 0 Å². The molecule has 0 aromatic heterocycles. The number of methoxy groups -OCH3 is 1. The van der Waals surface area contributed by atoms with Gasteiger partial charge >= 0.3 is 5.97 Å². The van der Waals surface area contributed by atoms with Gasteiger partial charge in [-0.2, -0.15) is 0 Å². The molecule has 17 heavy (non-hydrogen) atoms. The number of rotatable bonds is 2. The molecule has 1 aliphatic heterocycles. The number of benzene rings is 1. The van der Waals surface area contributed by atoms with Crippen molar-refractivity contribution in [3.8, 4) is 0 Å². The van der Waals surface area contributed by atoms with E-state index in [2.05, 4.69) is 5.32 Å². The van der Waals surface area contributed by atoms with Crippen molar-refractivity contribution in [3.05, 3.63) is 35.6 Å². The molecular weight excluding hydrogens is 221 g/mol. The molecule has 92 valence electrons. The molecule has 1 aliphatic rings. The Hall–Kier alpha value is -1.42. The summed E-state index contributed by atoms with van der Waals surface area (Å²) in [5.41, 5.74) is 0.888. The van der Waals surface area contributed by atoms with Crippen LogP contribution in [0.4, 0.5) is 4.39 Å². The zero-order valence-electron chi connectivity index (χ0n) is 9.78. The van der Waals surface area contributed by atoms with Crippen molar-refractivity contribution in [2.75, 3.05) is 7.11 Å². The molecule has 0 bridgehead atoms. The Morgan fingerprint density at radius 3 is 3.00 bits per heavy atom. The number of esters is 1. The minimum Gasteiger partial charge on any atom is -0.468 e. The average molecular weight is 237 g/mol. The predicted octanol–water partition coefficient (Wildman–Crippen LogP) is 2.18. The second-order valence-corrected chi connectivity index (χ2v) is 4.28. The molecule has 3 nitrogen and oxygen atoms in total. The van der Waals surface area contributed by atoms with E-state index in [0.29, 0.717) is 0 Å². The van der Waals surface area contributed by atoms with Gasteiger partial charge in [0.05, 0.1) is 7.11 Å². The van der Waals surface area contributed by atoms with Crippen molar-refractivity contribution in [3.63, 3.8) is 0 Å². The minimum atomic E-state index is -0.276. The maximum absolute atomic E-state index is 13.1. The van der Waals surface area contributed by atoms with E-state index in [9.17, 15) is 9.18 Å². The van der Waals surface area contributed by atoms with Crippen LogP contribution in [0.3, 0.4) is 0 Å². The molecule has 1 saturated heterocycles. The first kappa shape index (κ1) is 12.0. The van der Waals surface area contributed by atoms with Crippen LogP contribution in [-0.2, 0) is 9.53 Å². The molecule has 0 spiro atoms. The number of hydrogen-bond donors (Lipinski definition) is 1. The van der Waals surface area contributed by atoms with Gasteiger partial charge in [0.15, 0.2) is 0 Å². The number of piperidine rings is 1. The van der Waals surface area contributed by atoms with E-state index in [4.69, 9.17) is 4.74 Å². The smallest absolute Gasteiger partial charge is 0.322 e. The summed E-state index contributed by atoms with van der Waals surface area (Å²) in [6.45, 7) is 0. The minimum absolute atomic E-state index is 0.0311. The van der Waals surface area contributed by atoms with Gasteiger partial charge in [-0.15, -0.1) is 0 Å². The second-order valence-electron chi connectivity index (χ2n) is 4.28. The molecule has 0 aliphatic carbocycles. The SMILES string of the molecule is COC(=O)C1CCCC(c2cccc(F)c2)N1. The van der Waals surface area contributed by atoms with E-state index in [-0.39, 0.29) is 23.9 Å². The fourth-order valence-corrected chi connectivity index (χ4v) is 2.25. The highest BCUT2D eigenvalue weighted by molar-refractivity contribution is 5.75. The summed E-state index contributed by atoms with van der Waals surface area (Å²) in [5.74, 6) is -0.490. The lowest BCUT2D eigenvalue weighted by molar-refractivity contribution is -0.144. The van der Waals surface area contributed by atoms with Crippen LogP contribution in [0.25, 0.3) is 0 Å². The summed E-state index contributed by atoms with van der Waals surface area (Å²) in [6, 6.07) is 6.25. The van der Waals surface area contributed by atoms with Crippen LogP contribution in [-0.4, -0.2) is 19.1 Å². The Kier molecular flexibility index (Phi) is 3.74. The third-order valence-electron chi connectivity index (χ3n) is 3.12. The fourth-order valence-electron chi connectivity index (χ4n) is 2.25. The van der Waals surface area contributed by atoms with Gasteiger partial charge in [-0.05, 0) is 37.0 Å². The molecule has 2 atom stereocenters. The van der Waals surface area contributed by atoms with Crippen LogP contribution in [0.5, 0.6) is 0 Å². The summed E-state index contributed by atoms with van der Waals surface area (Å²) in [7, 11) is 1.38. The Morgan fingerprint density at radius 2 is 2.29 bits per heavy atom. The third-order valence-corrected chi connectivity index (χ3v) is 3.12. The largest absolute Gasteiger partial charge is 0.468 e. The zero-order valence-corrected chi connectivity index (χ0v) is 9.78. The van der Waals surface area contributed by atoms with Crippen molar-refractivity contribution in [1.82, 2.24) is 5.32 Å². The van der Waals surface area contributed by atoms with Crippen molar-refractivity contribution in [2.45, 2.75) is 31.3 Å². The highest BCUT2D eigenvalue weighted by Gasteiger charge is 2.27. The first-order chi connectivity index (χ1) is 8.20. The van der Waals surface area contributed by atoms with Gasteiger partial charge in [0.1, 0.15) is 11.9 Å². The topological polar surface area (TPSA) is 38.3 Å². The zero-order chi connectivity index (χ0) is 12.3. The molecule has 2 rings (SSSR count). The summed E-state index contributed by atoms with van der Waals surface area (Å²) in [6.07, 6.45) is 2.63. The van der Waals surface area contributed by atoms with Crippen molar-refractivity contribution >= 4 is 5.97 Å². The maximum atomic E-state index is 13.1. The molecule has 0 radical (unpaired) electrons. The highest BCUT2D eigenvalue weighted by Crippen LogP contribution is 2.26. The highest BCUT2D eigenvalue weighted by atomic mass is 19.1. The maximum Gasteiger partial charge on any atom is 0.322 e. The van der Waals surface area contributed by atoms with Gasteiger partial charge in [0.2, 0.25) is 0 Å². The van der Waals surface area contributed by atoms with Gasteiger partial charge in [0, 0.05) is 6.04 Å². The second kappa shape index (κ2) is 5.27. The van der Waals surface area contributed by atoms with Crippen LogP contribution in [0.2, 0.25) is 0 Å². The summed E-state index contributed by atoms with van der Waals surface area (Å²) < 4.78 is 17.8. The number of carbonyl (C=O) groups is 1. The van der Waals surface area contributed by atoms with Crippen molar-refractivity contribution < 1.29 is 13.9 Å². The molecule has 1 heterocycles. The lowest BCUT2D eigenvalue weighted by atomic mass is 9.93. The summed E-state index contributed by atoms with van der Waals surface area (Å²) in [4.78, 5) is 11.5. The van der Waals surface area contributed by atoms with Crippen molar-refractivity contribution in [1.29, 1.82) is 0 Å². The quantitative estimate of drug-likeness (QED) is 0.801. The van der Waals surface area contributed by atoms with Crippen LogP contribution >= 0.6 is 0 Å². The van der Waals surface area contributed by atoms with E-state index in [1.54, 1.807) is 6.07 Å². The number of carbonyl (C=O) groups excluding carboxylic acids is 1. The monoisotopic (exact) mass is 237 g/mol. The van der Waals surface area contributed by atoms with Gasteiger partial charge in [-0.1, -0.05) is 12.1 Å². The average Bonchev–Trinajstić information content (AvgIpc) is 2.38. The molecule has 0 amide bonds. The number of hydrogen-bond acceptors (Lipinski definition) is 3. The number of halogens is 1. The Labute approximate surface area is 100.0 Å². The molecule has 0 saturated carbocycles. The lowest BCUT2D eigenvalue weighted by Gasteiger charge is -2.29. The van der Waals surface area contributed by atoms with Gasteiger partial charge in [-0.25, -0.2) is 4.39 Å². The van der Waals surface area contributed by atoms with E-state index in [1.165, 1.54) is 19.2 Å². The Balaban J connectivity index is 2.09. The molecule has 4 heteroatoms. The summed E-state index contributed by atoms with van der Waals surface area (Å²) in [5, 5.41) is 3.21. The molecule has 1 aromatic rings. The van der Waals surface area contributed by atoms with Crippen LogP contribution in [0, 0.1) is 5.82 Å². The van der Waals surface area contributed by atoms with E-state index < -0.39 is 0 Å². The van der Waals surface area contributed by atoms with E-state index in [0.717, 1.165) is 24.8 Å². The van der Waals surface area contributed by atoms with Crippen LogP contribution in [0.1, 0.15) is 30.9 Å². The van der Waals surface area contributed by atoms with E-state index >= 15 is 0 Å².